The fourth-order valence-electron chi connectivity index (χ4n) is 3.14. The van der Waals surface area contributed by atoms with Crippen LogP contribution in [0.25, 0.3) is 10.9 Å². The third kappa shape index (κ3) is 4.78. The molecule has 0 unspecified atom stereocenters. The van der Waals surface area contributed by atoms with Crippen LogP contribution in [-0.4, -0.2) is 29.9 Å². The normalized spacial score (nSPS) is 12.7. The number of nitrogens with one attached hydrogen (secondary N) is 3. The summed E-state index contributed by atoms with van der Waals surface area (Å²) in [7, 11) is -4.30. The van der Waals surface area contributed by atoms with Crippen molar-refractivity contribution in [3.63, 3.8) is 0 Å². The highest BCUT2D eigenvalue weighted by atomic mass is 32.2. The first-order chi connectivity index (χ1) is 15.2. The lowest BCUT2D eigenvalue weighted by atomic mass is 10.1. The van der Waals surface area contributed by atoms with Gasteiger partial charge in [-0.3, -0.25) is 25.0 Å². The number of anilines is 1. The van der Waals surface area contributed by atoms with Crippen molar-refractivity contribution in [2.75, 3.05) is 5.43 Å². The number of para-hydroxylation sites is 1. The lowest BCUT2D eigenvalue weighted by Crippen LogP contribution is -2.51. The number of nitrogens with zero attached hydrogens (tertiary/aromatic N) is 2. The Labute approximate surface area is 184 Å². The summed E-state index contributed by atoms with van der Waals surface area (Å²) in [6, 6.07) is 10.5. The maximum absolute atomic E-state index is 14.0. The van der Waals surface area contributed by atoms with Crippen molar-refractivity contribution in [2.45, 2.75) is 38.3 Å². The van der Waals surface area contributed by atoms with Crippen molar-refractivity contribution in [1.82, 2.24) is 19.7 Å². The van der Waals surface area contributed by atoms with Crippen LogP contribution in [0, 0.1) is 11.7 Å². The topological polar surface area (TPSA) is 122 Å². The number of hydrogen-bond acceptors (Lipinski definition) is 6. The summed E-state index contributed by atoms with van der Waals surface area (Å²) in [5.41, 5.74) is 5.18. The number of rotatable bonds is 8. The van der Waals surface area contributed by atoms with Gasteiger partial charge in [0, 0.05) is 6.54 Å². The minimum atomic E-state index is -4.30. The van der Waals surface area contributed by atoms with Gasteiger partial charge in [0.1, 0.15) is 16.8 Å². The number of amides is 1. The van der Waals surface area contributed by atoms with Crippen molar-refractivity contribution >= 4 is 32.8 Å². The molecule has 0 saturated heterocycles. The Balaban J connectivity index is 1.83. The lowest BCUT2D eigenvalue weighted by molar-refractivity contribution is -0.123. The molecule has 1 atom stereocenters. The molecule has 3 rings (SSSR count). The molecular formula is C21H24FN5O4S. The van der Waals surface area contributed by atoms with E-state index < -0.39 is 38.6 Å². The summed E-state index contributed by atoms with van der Waals surface area (Å²) in [4.78, 5) is 29.3. The average molecular weight is 462 g/mol. The summed E-state index contributed by atoms with van der Waals surface area (Å²) in [5.74, 6) is -2.00. The SMILES string of the molecule is CCn1c(NNC(=O)[C@H](NS(=O)(=O)c2ccccc2F)C(C)C)nc2ccccc2c1=O. The van der Waals surface area contributed by atoms with E-state index in [0.717, 1.165) is 12.1 Å². The Hall–Kier alpha value is -3.31. The zero-order valence-electron chi connectivity index (χ0n) is 17.8. The van der Waals surface area contributed by atoms with E-state index >= 15 is 0 Å². The quantitative estimate of drug-likeness (QED) is 0.441. The third-order valence-corrected chi connectivity index (χ3v) is 6.31. The zero-order valence-corrected chi connectivity index (χ0v) is 18.6. The van der Waals surface area contributed by atoms with Crippen LogP contribution in [0.1, 0.15) is 20.8 Å². The second kappa shape index (κ2) is 9.45. The molecule has 32 heavy (non-hydrogen) atoms. The smallest absolute Gasteiger partial charge is 0.262 e. The minimum Gasteiger partial charge on any atom is -0.277 e. The van der Waals surface area contributed by atoms with Crippen molar-refractivity contribution < 1.29 is 17.6 Å². The highest BCUT2D eigenvalue weighted by molar-refractivity contribution is 7.89. The summed E-state index contributed by atoms with van der Waals surface area (Å²) < 4.78 is 42.8. The fraction of sp³-hybridized carbons (Fsp3) is 0.286. The van der Waals surface area contributed by atoms with E-state index in [1.807, 2.05) is 0 Å². The number of hydrogen-bond donors (Lipinski definition) is 3. The maximum Gasteiger partial charge on any atom is 0.262 e. The molecule has 1 heterocycles. The first-order valence-electron chi connectivity index (χ1n) is 9.98. The highest BCUT2D eigenvalue weighted by Gasteiger charge is 2.30. The number of benzene rings is 2. The molecule has 0 aliphatic carbocycles. The molecule has 0 bridgehead atoms. The van der Waals surface area contributed by atoms with Crippen molar-refractivity contribution in [2.24, 2.45) is 5.92 Å². The number of carbonyl (C=O) groups is 1. The van der Waals surface area contributed by atoms with E-state index in [1.165, 1.54) is 16.7 Å². The number of fused-ring (bicyclic) bond motifs is 1. The van der Waals surface area contributed by atoms with Gasteiger partial charge in [0.05, 0.1) is 10.9 Å². The van der Waals surface area contributed by atoms with Gasteiger partial charge in [-0.1, -0.05) is 38.1 Å². The van der Waals surface area contributed by atoms with Crippen LogP contribution in [0.4, 0.5) is 10.3 Å². The number of hydrazine groups is 1. The molecule has 1 aromatic heterocycles. The second-order valence-corrected chi connectivity index (χ2v) is 9.07. The molecular weight excluding hydrogens is 437 g/mol. The molecule has 9 nitrogen and oxygen atoms in total. The molecule has 2 aromatic carbocycles. The Kier molecular flexibility index (Phi) is 6.90. The van der Waals surface area contributed by atoms with Crippen LogP contribution in [-0.2, 0) is 21.4 Å². The Bertz CT molecular complexity index is 1310. The molecule has 0 saturated carbocycles. The Morgan fingerprint density at radius 1 is 1.12 bits per heavy atom. The van der Waals surface area contributed by atoms with Crippen LogP contribution in [0.15, 0.2) is 58.2 Å². The summed E-state index contributed by atoms with van der Waals surface area (Å²) >= 11 is 0. The van der Waals surface area contributed by atoms with E-state index in [2.05, 4.69) is 20.6 Å². The number of aromatic nitrogens is 2. The first-order valence-corrected chi connectivity index (χ1v) is 11.5. The number of halogens is 1. The Morgan fingerprint density at radius 2 is 1.78 bits per heavy atom. The average Bonchev–Trinajstić information content (AvgIpc) is 2.76. The van der Waals surface area contributed by atoms with Crippen LogP contribution >= 0.6 is 0 Å². The summed E-state index contributed by atoms with van der Waals surface area (Å²) in [5, 5.41) is 0.434. The minimum absolute atomic E-state index is 0.101. The standard InChI is InChI=1S/C21H24FN5O4S/c1-4-27-20(29)14-9-5-7-11-16(14)23-21(27)25-24-19(28)18(13(2)3)26-32(30,31)17-12-8-6-10-15(17)22/h5-13,18,26H,4H2,1-3H3,(H,23,25)(H,24,28)/t18-/m1/s1. The van der Waals surface area contributed by atoms with Gasteiger partial charge in [0.25, 0.3) is 11.5 Å². The molecule has 3 aromatic rings. The monoisotopic (exact) mass is 461 g/mol. The third-order valence-electron chi connectivity index (χ3n) is 4.83. The van der Waals surface area contributed by atoms with Gasteiger partial charge in [-0.05, 0) is 37.1 Å². The number of carbonyl (C=O) groups excluding carboxylic acids is 1. The van der Waals surface area contributed by atoms with Gasteiger partial charge < -0.3 is 0 Å². The van der Waals surface area contributed by atoms with Gasteiger partial charge in [-0.25, -0.2) is 17.8 Å². The predicted molar refractivity (Wildman–Crippen MR) is 119 cm³/mol. The van der Waals surface area contributed by atoms with Gasteiger partial charge in [0.15, 0.2) is 0 Å². The van der Waals surface area contributed by atoms with Crippen LogP contribution < -0.4 is 21.1 Å². The van der Waals surface area contributed by atoms with Crippen LogP contribution in [0.2, 0.25) is 0 Å². The molecule has 1 amide bonds. The van der Waals surface area contributed by atoms with E-state index in [-0.39, 0.29) is 11.5 Å². The largest absolute Gasteiger partial charge is 0.277 e. The van der Waals surface area contributed by atoms with Crippen molar-refractivity contribution in [3.8, 4) is 0 Å². The highest BCUT2D eigenvalue weighted by Crippen LogP contribution is 2.16. The summed E-state index contributed by atoms with van der Waals surface area (Å²) in [6.07, 6.45) is 0. The van der Waals surface area contributed by atoms with Crippen LogP contribution in [0.3, 0.4) is 0 Å². The van der Waals surface area contributed by atoms with Gasteiger partial charge in [-0.15, -0.1) is 0 Å². The molecule has 0 radical (unpaired) electrons. The summed E-state index contributed by atoms with van der Waals surface area (Å²) in [6.45, 7) is 5.33. The van der Waals surface area contributed by atoms with Crippen molar-refractivity contribution in [1.29, 1.82) is 0 Å². The zero-order chi connectivity index (χ0) is 23.5. The molecule has 170 valence electrons. The Morgan fingerprint density at radius 3 is 2.44 bits per heavy atom. The van der Waals surface area contributed by atoms with Gasteiger partial charge >= 0.3 is 0 Å². The number of sulfonamides is 1. The first kappa shape index (κ1) is 23.4. The molecule has 0 fully saturated rings. The predicted octanol–water partition coefficient (Wildman–Crippen LogP) is 2.00. The molecule has 0 aliphatic rings. The van der Waals surface area contributed by atoms with E-state index in [0.29, 0.717) is 17.4 Å². The van der Waals surface area contributed by atoms with Gasteiger partial charge in [0.2, 0.25) is 16.0 Å². The van der Waals surface area contributed by atoms with Crippen LogP contribution in [0.5, 0.6) is 0 Å². The maximum atomic E-state index is 14.0. The molecule has 11 heteroatoms. The van der Waals surface area contributed by atoms with Crippen molar-refractivity contribution in [3.05, 3.63) is 64.7 Å². The fourth-order valence-corrected chi connectivity index (χ4v) is 4.56. The molecule has 0 spiro atoms. The van der Waals surface area contributed by atoms with Gasteiger partial charge in [-0.2, -0.15) is 4.72 Å². The van der Waals surface area contributed by atoms with E-state index in [9.17, 15) is 22.4 Å². The van der Waals surface area contributed by atoms with E-state index in [4.69, 9.17) is 0 Å². The second-order valence-electron chi connectivity index (χ2n) is 7.39. The molecule has 0 aliphatic heterocycles. The van der Waals surface area contributed by atoms with E-state index in [1.54, 1.807) is 45.0 Å². The lowest BCUT2D eigenvalue weighted by Gasteiger charge is -2.22. The molecule has 3 N–H and O–H groups in total.